The quantitative estimate of drug-likeness (QED) is 0.625. The molecule has 5 nitrogen and oxygen atoms in total. The number of ether oxygens (including phenoxy) is 4. The molecule has 0 aromatic carbocycles. The lowest BCUT2D eigenvalue weighted by Gasteiger charge is -2.61. The highest BCUT2D eigenvalue weighted by atomic mass is 16.9. The topological polar surface area (TPSA) is 54.0 Å². The van der Waals surface area contributed by atoms with Crippen LogP contribution in [0.3, 0.4) is 0 Å². The number of fused-ring (bicyclic) bond motifs is 7. The van der Waals surface area contributed by atoms with Crippen molar-refractivity contribution in [2.24, 2.45) is 34.5 Å². The van der Waals surface area contributed by atoms with Crippen LogP contribution in [0.25, 0.3) is 0 Å². The minimum atomic E-state index is -0.707. The van der Waals surface area contributed by atoms with E-state index in [1.54, 1.807) is 0 Å². The first-order chi connectivity index (χ1) is 13.4. The fourth-order valence-electron chi connectivity index (χ4n) is 9.03. The fraction of sp³-hybridized carbons (Fsp3) is 0.957. The van der Waals surface area contributed by atoms with Gasteiger partial charge in [-0.25, -0.2) is 0 Å². The zero-order valence-corrected chi connectivity index (χ0v) is 17.3. The van der Waals surface area contributed by atoms with E-state index in [1.165, 1.54) is 32.1 Å². The highest BCUT2D eigenvalue weighted by Crippen LogP contribution is 2.71. The molecule has 28 heavy (non-hydrogen) atoms. The van der Waals surface area contributed by atoms with Crippen molar-refractivity contribution < 1.29 is 23.7 Å². The van der Waals surface area contributed by atoms with E-state index in [1.807, 2.05) is 0 Å². The molecule has 2 unspecified atom stereocenters. The van der Waals surface area contributed by atoms with Crippen molar-refractivity contribution in [3.8, 4) is 0 Å². The van der Waals surface area contributed by atoms with Crippen LogP contribution in [0.4, 0.5) is 0 Å². The van der Waals surface area contributed by atoms with Gasteiger partial charge in [-0.3, -0.25) is 4.79 Å². The minimum absolute atomic E-state index is 0.0754. The van der Waals surface area contributed by atoms with Gasteiger partial charge in [0.25, 0.3) is 0 Å². The number of carbonyl (C=O) groups is 1. The van der Waals surface area contributed by atoms with Crippen LogP contribution in [0, 0.1) is 34.5 Å². The lowest BCUT2D eigenvalue weighted by atomic mass is 9.44. The summed E-state index contributed by atoms with van der Waals surface area (Å²) in [6.45, 7) is 6.09. The molecular weight excluding hydrogens is 356 g/mol. The van der Waals surface area contributed by atoms with Crippen LogP contribution in [0.1, 0.15) is 71.6 Å². The lowest BCUT2D eigenvalue weighted by Crippen LogP contribution is -2.64. The van der Waals surface area contributed by atoms with Gasteiger partial charge in [0.05, 0.1) is 0 Å². The average Bonchev–Trinajstić information content (AvgIpc) is 3.37. The van der Waals surface area contributed by atoms with E-state index in [2.05, 4.69) is 13.8 Å². The van der Waals surface area contributed by atoms with E-state index < -0.39 is 5.79 Å². The third-order valence-electron chi connectivity index (χ3n) is 10.5. The zero-order valence-electron chi connectivity index (χ0n) is 17.3. The molecule has 6 aliphatic rings. The summed E-state index contributed by atoms with van der Waals surface area (Å²) in [6, 6.07) is 0. The highest BCUT2D eigenvalue weighted by molar-refractivity contribution is 5.79. The van der Waals surface area contributed by atoms with Gasteiger partial charge in [0, 0.05) is 18.3 Å². The van der Waals surface area contributed by atoms with Gasteiger partial charge in [-0.15, -0.1) is 0 Å². The van der Waals surface area contributed by atoms with Crippen LogP contribution in [-0.2, 0) is 23.7 Å². The number of rotatable bonds is 0. The monoisotopic (exact) mass is 390 g/mol. The summed E-state index contributed by atoms with van der Waals surface area (Å²) < 4.78 is 24.3. The van der Waals surface area contributed by atoms with E-state index >= 15 is 0 Å². The molecule has 8 atom stereocenters. The normalized spacial score (nSPS) is 58.1. The SMILES string of the molecule is C[C@]12CCC3[C@@H](CC[C@@H]4CC(=O)CC[C@]34C)[C@@H]1CC[C@@]21OCOC12COCO2. The van der Waals surface area contributed by atoms with Gasteiger partial charge < -0.3 is 18.9 Å². The Morgan fingerprint density at radius 2 is 1.71 bits per heavy atom. The molecular formula is C23H34O5. The van der Waals surface area contributed by atoms with E-state index in [0.717, 1.165) is 37.5 Å². The van der Waals surface area contributed by atoms with Crippen molar-refractivity contribution in [3.05, 3.63) is 0 Å². The predicted molar refractivity (Wildman–Crippen MR) is 101 cm³/mol. The van der Waals surface area contributed by atoms with Crippen molar-refractivity contribution in [1.29, 1.82) is 0 Å². The van der Waals surface area contributed by atoms with Gasteiger partial charge in [0.1, 0.15) is 18.0 Å². The summed E-state index contributed by atoms with van der Waals surface area (Å²) in [7, 11) is 0. The fourth-order valence-corrected chi connectivity index (χ4v) is 9.03. The Kier molecular flexibility index (Phi) is 3.79. The third kappa shape index (κ3) is 2.00. The average molecular weight is 391 g/mol. The first-order valence-electron chi connectivity index (χ1n) is 11.5. The molecule has 2 aliphatic heterocycles. The van der Waals surface area contributed by atoms with Crippen LogP contribution >= 0.6 is 0 Å². The van der Waals surface area contributed by atoms with Crippen molar-refractivity contribution in [2.75, 3.05) is 20.2 Å². The molecule has 2 saturated heterocycles. The number of hydrogen-bond donors (Lipinski definition) is 0. The predicted octanol–water partition coefficient (Wildman–Crippen LogP) is 4.04. The molecule has 2 spiro atoms. The van der Waals surface area contributed by atoms with Gasteiger partial charge >= 0.3 is 0 Å². The van der Waals surface area contributed by atoms with Crippen LogP contribution in [0.2, 0.25) is 0 Å². The molecule has 0 N–H and O–H groups in total. The summed E-state index contributed by atoms with van der Waals surface area (Å²) in [6.07, 6.45) is 9.87. The molecule has 6 fully saturated rings. The first kappa shape index (κ1) is 18.3. The summed E-state index contributed by atoms with van der Waals surface area (Å²) >= 11 is 0. The molecule has 5 heteroatoms. The molecule has 0 radical (unpaired) electrons. The molecule has 0 amide bonds. The third-order valence-corrected chi connectivity index (χ3v) is 10.5. The molecule has 0 aromatic heterocycles. The Morgan fingerprint density at radius 3 is 2.54 bits per heavy atom. The Bertz CT molecular complexity index is 681. The summed E-state index contributed by atoms with van der Waals surface area (Å²) in [5, 5.41) is 0. The van der Waals surface area contributed by atoms with Crippen LogP contribution < -0.4 is 0 Å². The molecule has 0 bridgehead atoms. The van der Waals surface area contributed by atoms with E-state index in [-0.39, 0.29) is 11.0 Å². The van der Waals surface area contributed by atoms with E-state index in [0.29, 0.717) is 43.2 Å². The highest BCUT2D eigenvalue weighted by Gasteiger charge is 2.75. The van der Waals surface area contributed by atoms with E-state index in [4.69, 9.17) is 18.9 Å². The van der Waals surface area contributed by atoms with Gasteiger partial charge in [0.15, 0.2) is 13.6 Å². The second kappa shape index (κ2) is 5.81. The van der Waals surface area contributed by atoms with Crippen molar-refractivity contribution in [3.63, 3.8) is 0 Å². The summed E-state index contributed by atoms with van der Waals surface area (Å²) in [5.41, 5.74) is 0.0596. The van der Waals surface area contributed by atoms with Crippen molar-refractivity contribution in [2.45, 2.75) is 83.0 Å². The number of Topliss-reactive ketones (excluding diaryl/α,β-unsaturated/α-hetero) is 1. The molecule has 4 saturated carbocycles. The molecule has 2 heterocycles. The van der Waals surface area contributed by atoms with Crippen LogP contribution in [0.15, 0.2) is 0 Å². The van der Waals surface area contributed by atoms with Crippen molar-refractivity contribution >= 4 is 5.78 Å². The molecule has 156 valence electrons. The Balaban J connectivity index is 1.35. The Labute approximate surface area is 167 Å². The molecule has 4 aliphatic carbocycles. The Morgan fingerprint density at radius 1 is 0.893 bits per heavy atom. The van der Waals surface area contributed by atoms with Gasteiger partial charge in [-0.05, 0) is 74.0 Å². The lowest BCUT2D eigenvalue weighted by molar-refractivity contribution is -0.251. The molecule has 6 rings (SSSR count). The van der Waals surface area contributed by atoms with Crippen LogP contribution in [0.5, 0.6) is 0 Å². The smallest absolute Gasteiger partial charge is 0.226 e. The largest absolute Gasteiger partial charge is 0.350 e. The number of ketones is 1. The summed E-state index contributed by atoms with van der Waals surface area (Å²) in [4.78, 5) is 12.1. The van der Waals surface area contributed by atoms with Crippen LogP contribution in [-0.4, -0.2) is 37.4 Å². The standard InChI is InChI=1S/C23H34O5/c1-20-8-5-16(24)11-15(20)3-4-17-18(20)6-9-21(2)19(17)7-10-22(21)23(28-14-26-22)12-25-13-27-23/h15,17-19H,3-14H2,1-2H3/t15-,17-,18?,19+,20+,21+,22-,23?/m1/s1. The zero-order chi connectivity index (χ0) is 19.2. The number of hydrogen-bond acceptors (Lipinski definition) is 5. The maximum atomic E-state index is 12.1. The second-order valence-electron chi connectivity index (χ2n) is 11.0. The van der Waals surface area contributed by atoms with Gasteiger partial charge in [0.2, 0.25) is 5.79 Å². The van der Waals surface area contributed by atoms with Gasteiger partial charge in [-0.1, -0.05) is 13.8 Å². The van der Waals surface area contributed by atoms with Crippen molar-refractivity contribution in [1.82, 2.24) is 0 Å². The first-order valence-corrected chi connectivity index (χ1v) is 11.5. The summed E-state index contributed by atoms with van der Waals surface area (Å²) in [5.74, 6) is 2.56. The second-order valence-corrected chi connectivity index (χ2v) is 11.0. The number of carbonyl (C=O) groups excluding carboxylic acids is 1. The maximum Gasteiger partial charge on any atom is 0.226 e. The Hall–Kier alpha value is -0.490. The van der Waals surface area contributed by atoms with E-state index in [9.17, 15) is 4.79 Å². The maximum absolute atomic E-state index is 12.1. The van der Waals surface area contributed by atoms with Gasteiger partial charge in [-0.2, -0.15) is 0 Å². The molecule has 0 aromatic rings. The minimum Gasteiger partial charge on any atom is -0.350 e.